The van der Waals surface area contributed by atoms with Crippen LogP contribution in [0.5, 0.6) is 17.2 Å². The largest absolute Gasteiger partial charge is 0.497 e. The van der Waals surface area contributed by atoms with E-state index in [0.717, 1.165) is 21.3 Å². The summed E-state index contributed by atoms with van der Waals surface area (Å²) in [5.74, 6) is 1.69. The Morgan fingerprint density at radius 3 is 2.34 bits per heavy atom. The van der Waals surface area contributed by atoms with Crippen LogP contribution in [0.3, 0.4) is 0 Å². The van der Waals surface area contributed by atoms with E-state index >= 15 is 0 Å². The fraction of sp³-hybridized carbons (Fsp3) is 0.364. The molecule has 1 aliphatic heterocycles. The van der Waals surface area contributed by atoms with E-state index in [4.69, 9.17) is 14.2 Å². The number of benzene rings is 2. The first-order valence-electron chi connectivity index (χ1n) is 10.2. The van der Waals surface area contributed by atoms with Gasteiger partial charge in [-0.25, -0.2) is 8.42 Å². The standard InChI is InChI=1S/C22H25N3O5S2/c1-28-16-8-9-19(30-3)20(14-16)32(26,27)25-12-10-15(11-13-25)21-23-24-22(31-21)17-6-4-5-7-18(17)29-2/h4-9,14-15H,10-13H2,1-3H3. The SMILES string of the molecule is COc1ccc(OC)c(S(=O)(=O)N2CCC(c3nnc(-c4ccccc4OC)s3)CC2)c1. The van der Waals surface area contributed by atoms with Gasteiger partial charge in [-0.1, -0.05) is 23.5 Å². The topological polar surface area (TPSA) is 90.9 Å². The molecule has 8 nitrogen and oxygen atoms in total. The number of piperidine rings is 1. The van der Waals surface area contributed by atoms with E-state index in [2.05, 4.69) is 10.2 Å². The first-order valence-corrected chi connectivity index (χ1v) is 12.4. The number of ether oxygens (including phenoxy) is 3. The van der Waals surface area contributed by atoms with Crippen LogP contribution in [-0.4, -0.2) is 57.3 Å². The summed E-state index contributed by atoms with van der Waals surface area (Å²) in [5, 5.41) is 10.5. The molecule has 1 aromatic heterocycles. The lowest BCUT2D eigenvalue weighted by Crippen LogP contribution is -2.38. The molecule has 0 radical (unpaired) electrons. The third-order valence-corrected chi connectivity index (χ3v) is 8.61. The molecule has 0 atom stereocenters. The van der Waals surface area contributed by atoms with Crippen molar-refractivity contribution < 1.29 is 22.6 Å². The molecule has 170 valence electrons. The van der Waals surface area contributed by atoms with Crippen LogP contribution < -0.4 is 14.2 Å². The molecule has 10 heteroatoms. The second-order valence-corrected chi connectivity index (χ2v) is 10.3. The molecule has 0 spiro atoms. The number of nitrogens with zero attached hydrogens (tertiary/aromatic N) is 3. The van der Waals surface area contributed by atoms with Crippen molar-refractivity contribution >= 4 is 21.4 Å². The minimum atomic E-state index is -3.71. The van der Waals surface area contributed by atoms with Crippen LogP contribution in [0.15, 0.2) is 47.4 Å². The van der Waals surface area contributed by atoms with Crippen LogP contribution in [0.1, 0.15) is 23.8 Å². The summed E-state index contributed by atoms with van der Waals surface area (Å²) in [7, 11) is 0.888. The van der Waals surface area contributed by atoms with Crippen molar-refractivity contribution in [2.45, 2.75) is 23.7 Å². The normalized spacial score (nSPS) is 15.5. The summed E-state index contributed by atoms with van der Waals surface area (Å²) in [5.41, 5.74) is 0.906. The molecule has 1 saturated heterocycles. The molecule has 2 heterocycles. The zero-order valence-electron chi connectivity index (χ0n) is 18.1. The number of hydrogen-bond acceptors (Lipinski definition) is 8. The highest BCUT2D eigenvalue weighted by molar-refractivity contribution is 7.89. The second kappa shape index (κ2) is 9.43. The number of hydrogen-bond donors (Lipinski definition) is 0. The number of rotatable bonds is 7. The fourth-order valence-electron chi connectivity index (χ4n) is 3.80. The minimum Gasteiger partial charge on any atom is -0.497 e. The van der Waals surface area contributed by atoms with Gasteiger partial charge in [-0.3, -0.25) is 0 Å². The second-order valence-electron chi connectivity index (χ2n) is 7.34. The molecule has 0 aliphatic carbocycles. The van der Waals surface area contributed by atoms with E-state index in [1.807, 2.05) is 24.3 Å². The van der Waals surface area contributed by atoms with Gasteiger partial charge in [0.05, 0.1) is 26.9 Å². The van der Waals surface area contributed by atoms with Gasteiger partial charge in [0.1, 0.15) is 27.2 Å². The fourth-order valence-corrected chi connectivity index (χ4v) is 6.48. The van der Waals surface area contributed by atoms with Gasteiger partial charge in [0.2, 0.25) is 10.0 Å². The Kier molecular flexibility index (Phi) is 6.63. The summed E-state index contributed by atoms with van der Waals surface area (Å²) in [6.45, 7) is 0.799. The highest BCUT2D eigenvalue weighted by atomic mass is 32.2. The van der Waals surface area contributed by atoms with Crippen molar-refractivity contribution in [2.24, 2.45) is 0 Å². The van der Waals surface area contributed by atoms with Crippen LogP contribution in [0, 0.1) is 0 Å². The number of para-hydroxylation sites is 1. The summed E-state index contributed by atoms with van der Waals surface area (Å²) in [6, 6.07) is 12.5. The van der Waals surface area contributed by atoms with Crippen molar-refractivity contribution in [3.63, 3.8) is 0 Å². The Morgan fingerprint density at radius 2 is 1.66 bits per heavy atom. The average Bonchev–Trinajstić information content (AvgIpc) is 3.33. The van der Waals surface area contributed by atoms with Crippen molar-refractivity contribution in [3.8, 4) is 27.8 Å². The highest BCUT2D eigenvalue weighted by Gasteiger charge is 2.33. The molecular formula is C22H25N3O5S2. The molecule has 0 amide bonds. The maximum absolute atomic E-state index is 13.3. The molecule has 32 heavy (non-hydrogen) atoms. The lowest BCUT2D eigenvalue weighted by atomic mass is 9.99. The Labute approximate surface area is 191 Å². The average molecular weight is 476 g/mol. The quantitative estimate of drug-likeness (QED) is 0.513. The molecule has 1 aliphatic rings. The number of methoxy groups -OCH3 is 3. The van der Waals surface area contributed by atoms with Gasteiger partial charge < -0.3 is 14.2 Å². The zero-order valence-corrected chi connectivity index (χ0v) is 19.8. The van der Waals surface area contributed by atoms with Gasteiger partial charge in [-0.2, -0.15) is 4.31 Å². The van der Waals surface area contributed by atoms with Gasteiger partial charge in [0.25, 0.3) is 0 Å². The molecule has 0 saturated carbocycles. The number of sulfonamides is 1. The van der Waals surface area contributed by atoms with Crippen LogP contribution >= 0.6 is 11.3 Å². The van der Waals surface area contributed by atoms with Crippen molar-refractivity contribution in [3.05, 3.63) is 47.5 Å². The molecule has 1 fully saturated rings. The predicted molar refractivity (Wildman–Crippen MR) is 122 cm³/mol. The molecule has 0 N–H and O–H groups in total. The molecule has 4 rings (SSSR count). The summed E-state index contributed by atoms with van der Waals surface area (Å²) >= 11 is 1.53. The van der Waals surface area contributed by atoms with E-state index in [0.29, 0.717) is 37.4 Å². The van der Waals surface area contributed by atoms with Crippen LogP contribution in [0.25, 0.3) is 10.6 Å². The van der Waals surface area contributed by atoms with Gasteiger partial charge in [0.15, 0.2) is 5.01 Å². The Balaban J connectivity index is 1.50. The van der Waals surface area contributed by atoms with E-state index < -0.39 is 10.0 Å². The number of aromatic nitrogens is 2. The minimum absolute atomic E-state index is 0.118. The Hall–Kier alpha value is -2.69. The van der Waals surface area contributed by atoms with Crippen molar-refractivity contribution in [2.75, 3.05) is 34.4 Å². The summed E-state index contributed by atoms with van der Waals surface area (Å²) in [6.07, 6.45) is 1.35. The van der Waals surface area contributed by atoms with Gasteiger partial charge in [-0.05, 0) is 37.1 Å². The third kappa shape index (κ3) is 4.30. The van der Waals surface area contributed by atoms with Gasteiger partial charge in [0, 0.05) is 25.1 Å². The van der Waals surface area contributed by atoms with E-state index in [1.165, 1.54) is 35.9 Å². The maximum Gasteiger partial charge on any atom is 0.246 e. The smallest absolute Gasteiger partial charge is 0.246 e. The van der Waals surface area contributed by atoms with Crippen LogP contribution in [-0.2, 0) is 10.0 Å². The Bertz CT molecular complexity index is 1190. The molecular weight excluding hydrogens is 450 g/mol. The maximum atomic E-state index is 13.3. The first-order chi connectivity index (χ1) is 15.5. The molecule has 2 aromatic carbocycles. The molecule has 3 aromatic rings. The van der Waals surface area contributed by atoms with Crippen LogP contribution in [0.2, 0.25) is 0 Å². The van der Waals surface area contributed by atoms with E-state index in [1.54, 1.807) is 19.2 Å². The van der Waals surface area contributed by atoms with Crippen LogP contribution in [0.4, 0.5) is 0 Å². The van der Waals surface area contributed by atoms with Crippen molar-refractivity contribution in [1.29, 1.82) is 0 Å². The molecule has 0 unspecified atom stereocenters. The summed E-state index contributed by atoms with van der Waals surface area (Å²) < 4.78 is 44.0. The summed E-state index contributed by atoms with van der Waals surface area (Å²) in [4.78, 5) is 0.118. The third-order valence-electron chi connectivity index (χ3n) is 5.57. The molecule has 0 bridgehead atoms. The first kappa shape index (κ1) is 22.5. The predicted octanol–water partition coefficient (Wildman–Crippen LogP) is 3.80. The van der Waals surface area contributed by atoms with Gasteiger partial charge in [-0.15, -0.1) is 10.2 Å². The lowest BCUT2D eigenvalue weighted by Gasteiger charge is -2.30. The Morgan fingerprint density at radius 1 is 0.938 bits per heavy atom. The van der Waals surface area contributed by atoms with Crippen molar-refractivity contribution in [1.82, 2.24) is 14.5 Å². The van der Waals surface area contributed by atoms with Gasteiger partial charge >= 0.3 is 0 Å². The van der Waals surface area contributed by atoms with E-state index in [9.17, 15) is 8.42 Å². The monoisotopic (exact) mass is 475 g/mol. The zero-order chi connectivity index (χ0) is 22.7. The van der Waals surface area contributed by atoms with E-state index in [-0.39, 0.29) is 10.8 Å². The highest BCUT2D eigenvalue weighted by Crippen LogP contribution is 2.38. The lowest BCUT2D eigenvalue weighted by molar-refractivity contribution is 0.316.